The number of esters is 1. The van der Waals surface area contributed by atoms with Gasteiger partial charge in [-0.1, -0.05) is 61.8 Å². The Morgan fingerprint density at radius 3 is 1.45 bits per heavy atom. The van der Waals surface area contributed by atoms with Crippen molar-refractivity contribution < 1.29 is 52.9 Å². The van der Waals surface area contributed by atoms with Gasteiger partial charge in [0.15, 0.2) is 0 Å². The largest absolute Gasteiger partial charge is 0.467 e. The Morgan fingerprint density at radius 2 is 1.03 bits per heavy atom. The number of hydrogen-bond donors (Lipinski definition) is 3. The van der Waals surface area contributed by atoms with E-state index >= 15 is 0 Å². The topological polar surface area (TPSA) is 216 Å². The monoisotopic (exact) mass is 884 g/mol. The van der Waals surface area contributed by atoms with Crippen LogP contribution < -0.4 is 10.6 Å². The summed E-state index contributed by atoms with van der Waals surface area (Å²) >= 11 is 0. The first-order chi connectivity index (χ1) is 28.3. The van der Waals surface area contributed by atoms with E-state index in [4.69, 9.17) is 9.47 Å². The highest BCUT2D eigenvalue weighted by molar-refractivity contribution is 5.97. The zero-order valence-electron chi connectivity index (χ0n) is 41.3. The molecule has 0 spiro atoms. The van der Waals surface area contributed by atoms with E-state index < -0.39 is 113 Å². The Bertz CT molecular complexity index is 1550. The lowest BCUT2D eigenvalue weighted by atomic mass is 9.94. The standard InChI is InChI=1S/C44H81N7O11/c1-21-27(8)33(41(58)48(16)28(9)39(56)50(18)32(23-25(4)5)36(53)45-31(22-24(2)3)42(59)61-20)46-37(54)34(35(52)26(6)7)51(19)40(57)29(10)47(15)38(55)30(11)49(17)43(60)62-44(12,13)14/h24-35,52H,21-23H2,1-20H3,(H,45,53)(H,46,54)/t27-,28-,29+,30-,31-,32-,33+,34+,35+/m0/s1. The summed E-state index contributed by atoms with van der Waals surface area (Å²) < 4.78 is 10.3. The molecular weight excluding hydrogens is 803 g/mol. The van der Waals surface area contributed by atoms with Crippen molar-refractivity contribution in [2.24, 2.45) is 23.7 Å². The number of nitrogens with one attached hydrogen (secondary N) is 2. The molecule has 0 aliphatic carbocycles. The van der Waals surface area contributed by atoms with Crippen LogP contribution in [-0.4, -0.2) is 173 Å². The molecule has 0 aliphatic rings. The number of likely N-dealkylation sites (N-methyl/N-ethyl adjacent to an activating group) is 5. The molecule has 7 amide bonds. The van der Waals surface area contributed by atoms with Crippen LogP contribution in [0.15, 0.2) is 0 Å². The fourth-order valence-electron chi connectivity index (χ4n) is 6.59. The highest BCUT2D eigenvalue weighted by Gasteiger charge is 2.43. The molecule has 0 rings (SSSR count). The van der Waals surface area contributed by atoms with Gasteiger partial charge in [-0.2, -0.15) is 0 Å². The van der Waals surface area contributed by atoms with E-state index in [0.717, 1.165) is 14.7 Å². The minimum atomic E-state index is -1.51. The fourth-order valence-corrected chi connectivity index (χ4v) is 6.59. The van der Waals surface area contributed by atoms with Crippen LogP contribution in [-0.2, 0) is 43.0 Å². The molecule has 0 radical (unpaired) electrons. The Kier molecular flexibility index (Phi) is 23.2. The molecule has 0 aromatic carbocycles. The summed E-state index contributed by atoms with van der Waals surface area (Å²) in [6, 6.07) is -7.91. The second-order valence-corrected chi connectivity index (χ2v) is 18.8. The van der Waals surface area contributed by atoms with Gasteiger partial charge in [-0.3, -0.25) is 33.7 Å². The first-order valence-electron chi connectivity index (χ1n) is 21.7. The number of amides is 7. The van der Waals surface area contributed by atoms with E-state index in [-0.39, 0.29) is 18.3 Å². The molecule has 18 nitrogen and oxygen atoms in total. The van der Waals surface area contributed by atoms with Crippen LogP contribution >= 0.6 is 0 Å². The molecule has 358 valence electrons. The molecule has 0 saturated carbocycles. The van der Waals surface area contributed by atoms with Gasteiger partial charge in [0.25, 0.3) is 0 Å². The number of hydrogen-bond acceptors (Lipinski definition) is 11. The van der Waals surface area contributed by atoms with Crippen LogP contribution in [0.2, 0.25) is 0 Å². The first-order valence-corrected chi connectivity index (χ1v) is 21.7. The zero-order chi connectivity index (χ0) is 48.9. The van der Waals surface area contributed by atoms with Crippen molar-refractivity contribution in [3.05, 3.63) is 0 Å². The van der Waals surface area contributed by atoms with Crippen molar-refractivity contribution in [1.82, 2.24) is 35.1 Å². The highest BCUT2D eigenvalue weighted by atomic mass is 16.6. The third-order valence-corrected chi connectivity index (χ3v) is 11.3. The summed E-state index contributed by atoms with van der Waals surface area (Å²) in [5, 5.41) is 16.9. The normalized spacial score (nSPS) is 16.1. The summed E-state index contributed by atoms with van der Waals surface area (Å²) in [6.07, 6.45) is -1.13. The molecule has 0 heterocycles. The lowest BCUT2D eigenvalue weighted by Crippen LogP contribution is -2.63. The maximum absolute atomic E-state index is 14.3. The predicted octanol–water partition coefficient (Wildman–Crippen LogP) is 2.89. The van der Waals surface area contributed by atoms with Crippen molar-refractivity contribution >= 4 is 47.5 Å². The van der Waals surface area contributed by atoms with Crippen molar-refractivity contribution in [1.29, 1.82) is 0 Å². The zero-order valence-corrected chi connectivity index (χ0v) is 41.3. The molecule has 0 aromatic heterocycles. The third kappa shape index (κ3) is 16.3. The molecule has 0 aliphatic heterocycles. The van der Waals surface area contributed by atoms with Gasteiger partial charge in [-0.15, -0.1) is 0 Å². The Labute approximate surface area is 371 Å². The van der Waals surface area contributed by atoms with Gasteiger partial charge in [-0.05, 0) is 78.1 Å². The minimum absolute atomic E-state index is 0.0280. The van der Waals surface area contributed by atoms with Gasteiger partial charge >= 0.3 is 12.1 Å². The summed E-state index contributed by atoms with van der Waals surface area (Å²) in [4.78, 5) is 115. The van der Waals surface area contributed by atoms with Gasteiger partial charge in [-0.25, -0.2) is 9.59 Å². The number of rotatable bonds is 22. The number of methoxy groups -OCH3 is 1. The van der Waals surface area contributed by atoms with E-state index in [0.29, 0.717) is 12.8 Å². The van der Waals surface area contributed by atoms with Crippen LogP contribution in [0.25, 0.3) is 0 Å². The number of ether oxygens (including phenoxy) is 2. The van der Waals surface area contributed by atoms with Crippen molar-refractivity contribution in [2.75, 3.05) is 42.3 Å². The molecule has 0 bridgehead atoms. The Balaban J connectivity index is 6.56. The molecule has 3 N–H and O–H groups in total. The second kappa shape index (κ2) is 25.0. The number of carbonyl (C=O) groups excluding carboxylic acids is 8. The van der Waals surface area contributed by atoms with E-state index in [1.807, 2.05) is 34.6 Å². The number of carbonyl (C=O) groups is 8. The lowest BCUT2D eigenvalue weighted by molar-refractivity contribution is -0.153. The average molecular weight is 884 g/mol. The third-order valence-electron chi connectivity index (χ3n) is 11.3. The molecule has 0 fully saturated rings. The Morgan fingerprint density at radius 1 is 0.597 bits per heavy atom. The second-order valence-electron chi connectivity index (χ2n) is 18.8. The van der Waals surface area contributed by atoms with Gasteiger partial charge in [0, 0.05) is 35.2 Å². The summed E-state index contributed by atoms with van der Waals surface area (Å²) in [5.74, 6) is -5.42. The number of aliphatic hydroxyl groups excluding tert-OH is 1. The van der Waals surface area contributed by atoms with Crippen molar-refractivity contribution in [2.45, 2.75) is 170 Å². The summed E-state index contributed by atoms with van der Waals surface area (Å²) in [6.45, 7) is 24.0. The van der Waals surface area contributed by atoms with E-state index in [1.165, 1.54) is 72.9 Å². The fraction of sp³-hybridized carbons (Fsp3) is 0.818. The predicted molar refractivity (Wildman–Crippen MR) is 236 cm³/mol. The molecule has 0 aromatic rings. The molecule has 62 heavy (non-hydrogen) atoms. The van der Waals surface area contributed by atoms with Crippen LogP contribution in [0.3, 0.4) is 0 Å². The van der Waals surface area contributed by atoms with E-state index in [9.17, 15) is 43.5 Å². The van der Waals surface area contributed by atoms with Crippen LogP contribution in [0, 0.1) is 23.7 Å². The van der Waals surface area contributed by atoms with Crippen molar-refractivity contribution in [3.63, 3.8) is 0 Å². The van der Waals surface area contributed by atoms with Gasteiger partial charge in [0.05, 0.1) is 13.2 Å². The van der Waals surface area contributed by atoms with E-state index in [2.05, 4.69) is 10.6 Å². The average Bonchev–Trinajstić information content (AvgIpc) is 3.19. The Hall–Kier alpha value is -4.48. The molecule has 0 saturated heterocycles. The maximum Gasteiger partial charge on any atom is 0.410 e. The lowest BCUT2D eigenvalue weighted by Gasteiger charge is -2.39. The smallest absolute Gasteiger partial charge is 0.410 e. The summed E-state index contributed by atoms with van der Waals surface area (Å²) in [5.41, 5.74) is -0.804. The van der Waals surface area contributed by atoms with Crippen molar-refractivity contribution in [3.8, 4) is 0 Å². The quantitative estimate of drug-likeness (QED) is 0.135. The van der Waals surface area contributed by atoms with Gasteiger partial charge in [0.2, 0.25) is 35.4 Å². The highest BCUT2D eigenvalue weighted by Crippen LogP contribution is 2.21. The molecule has 0 unspecified atom stereocenters. The van der Waals surface area contributed by atoms with Crippen LogP contribution in [0.5, 0.6) is 0 Å². The molecule has 9 atom stereocenters. The molecule has 18 heteroatoms. The summed E-state index contributed by atoms with van der Waals surface area (Å²) in [7, 11) is 8.24. The van der Waals surface area contributed by atoms with Gasteiger partial charge in [0.1, 0.15) is 47.9 Å². The van der Waals surface area contributed by atoms with Crippen LogP contribution in [0.1, 0.15) is 116 Å². The first kappa shape index (κ1) is 57.5. The maximum atomic E-state index is 14.3. The SMILES string of the molecule is CC[C@H](C)[C@@H](NC(=O)[C@@H]([C@H](O)C(C)C)N(C)C(=O)[C@@H](C)N(C)C(=O)[C@H](C)N(C)C(=O)OC(C)(C)C)C(=O)N(C)[C@@H](C)C(=O)N(C)[C@@H](CC(C)C)C(=O)N[C@@H](CC(C)C)C(=O)OC. The van der Waals surface area contributed by atoms with Gasteiger partial charge < -0.3 is 44.8 Å². The number of aliphatic hydroxyl groups is 1. The number of nitrogens with zero attached hydrogens (tertiary/aromatic N) is 5. The van der Waals surface area contributed by atoms with Crippen LogP contribution in [0.4, 0.5) is 4.79 Å². The molecular formula is C44H81N7O11. The minimum Gasteiger partial charge on any atom is -0.467 e. The van der Waals surface area contributed by atoms with E-state index in [1.54, 1.807) is 41.5 Å².